The van der Waals surface area contributed by atoms with Crippen molar-refractivity contribution in [3.8, 4) is 0 Å². The topological polar surface area (TPSA) is 42.0 Å². The molecule has 0 aliphatic carbocycles. The molecular formula is C14H14N2OS. The molecule has 1 aromatic heterocycles. The molecule has 0 bridgehead atoms. The van der Waals surface area contributed by atoms with Gasteiger partial charge >= 0.3 is 0 Å². The van der Waals surface area contributed by atoms with Crippen LogP contribution in [0.25, 0.3) is 0 Å². The summed E-state index contributed by atoms with van der Waals surface area (Å²) < 4.78 is 0. The van der Waals surface area contributed by atoms with Crippen LogP contribution in [0.4, 0.5) is 5.69 Å². The van der Waals surface area contributed by atoms with Crippen LogP contribution < -0.4 is 5.32 Å². The van der Waals surface area contributed by atoms with Crippen molar-refractivity contribution >= 4 is 23.4 Å². The maximum absolute atomic E-state index is 11.9. The molecule has 0 aliphatic heterocycles. The van der Waals surface area contributed by atoms with Crippen molar-refractivity contribution < 1.29 is 4.79 Å². The number of benzene rings is 1. The Hall–Kier alpha value is -1.81. The third-order valence-electron chi connectivity index (χ3n) is 2.37. The molecule has 1 amide bonds. The van der Waals surface area contributed by atoms with Gasteiger partial charge in [0.15, 0.2) is 0 Å². The van der Waals surface area contributed by atoms with Gasteiger partial charge in [-0.25, -0.2) is 0 Å². The van der Waals surface area contributed by atoms with Gasteiger partial charge in [0, 0.05) is 28.5 Å². The van der Waals surface area contributed by atoms with E-state index in [0.717, 1.165) is 11.4 Å². The number of nitrogens with zero attached hydrogens (tertiary/aromatic N) is 1. The number of carbonyl (C=O) groups excluding carboxylic acids is 1. The molecule has 1 heterocycles. The van der Waals surface area contributed by atoms with Gasteiger partial charge in [0.1, 0.15) is 0 Å². The quantitative estimate of drug-likeness (QED) is 0.854. The van der Waals surface area contributed by atoms with E-state index < -0.39 is 0 Å². The lowest BCUT2D eigenvalue weighted by Gasteiger charge is -2.05. The van der Waals surface area contributed by atoms with E-state index in [4.69, 9.17) is 0 Å². The van der Waals surface area contributed by atoms with Gasteiger partial charge in [-0.1, -0.05) is 6.92 Å². The summed E-state index contributed by atoms with van der Waals surface area (Å²) in [5, 5.41) is 2.85. The third-order valence-corrected chi connectivity index (χ3v) is 3.26. The largest absolute Gasteiger partial charge is 0.322 e. The molecule has 0 aliphatic rings. The van der Waals surface area contributed by atoms with Crippen molar-refractivity contribution in [1.29, 1.82) is 0 Å². The van der Waals surface area contributed by atoms with Crippen LogP contribution in [0.15, 0.2) is 53.7 Å². The van der Waals surface area contributed by atoms with Crippen LogP contribution in [-0.2, 0) is 0 Å². The Morgan fingerprint density at radius 1 is 1.17 bits per heavy atom. The van der Waals surface area contributed by atoms with Crippen molar-refractivity contribution in [3.05, 3.63) is 54.4 Å². The summed E-state index contributed by atoms with van der Waals surface area (Å²) in [4.78, 5) is 17.0. The lowest BCUT2D eigenvalue weighted by atomic mass is 10.2. The molecule has 0 saturated carbocycles. The third kappa shape index (κ3) is 3.34. The highest BCUT2D eigenvalue weighted by atomic mass is 32.2. The van der Waals surface area contributed by atoms with Gasteiger partial charge in [-0.15, -0.1) is 11.8 Å². The van der Waals surface area contributed by atoms with Crippen molar-refractivity contribution in [2.75, 3.05) is 11.1 Å². The highest BCUT2D eigenvalue weighted by Crippen LogP contribution is 2.20. The van der Waals surface area contributed by atoms with E-state index in [2.05, 4.69) is 17.2 Å². The second kappa shape index (κ2) is 6.21. The van der Waals surface area contributed by atoms with Crippen LogP contribution in [0.5, 0.6) is 0 Å². The fraction of sp³-hybridized carbons (Fsp3) is 0.143. The molecule has 2 rings (SSSR count). The SMILES string of the molecule is CCSc1ccc(NC(=O)c2ccncc2)cc1. The van der Waals surface area contributed by atoms with Crippen LogP contribution >= 0.6 is 11.8 Å². The number of pyridine rings is 1. The first kappa shape index (κ1) is 12.6. The fourth-order valence-electron chi connectivity index (χ4n) is 1.51. The van der Waals surface area contributed by atoms with E-state index in [0.29, 0.717) is 5.56 Å². The number of rotatable bonds is 4. The van der Waals surface area contributed by atoms with Gasteiger partial charge in [-0.2, -0.15) is 0 Å². The highest BCUT2D eigenvalue weighted by molar-refractivity contribution is 7.99. The van der Waals surface area contributed by atoms with Gasteiger partial charge in [0.25, 0.3) is 5.91 Å². The molecule has 3 nitrogen and oxygen atoms in total. The second-order valence-corrected chi connectivity index (χ2v) is 4.98. The van der Waals surface area contributed by atoms with Crippen molar-refractivity contribution in [2.45, 2.75) is 11.8 Å². The number of hydrogen-bond donors (Lipinski definition) is 1. The molecule has 0 atom stereocenters. The molecule has 92 valence electrons. The molecule has 0 fully saturated rings. The minimum absolute atomic E-state index is 0.117. The molecule has 0 spiro atoms. The molecular weight excluding hydrogens is 244 g/mol. The number of anilines is 1. The molecule has 4 heteroatoms. The van der Waals surface area contributed by atoms with Crippen molar-refractivity contribution in [1.82, 2.24) is 4.98 Å². The molecule has 0 saturated heterocycles. The zero-order chi connectivity index (χ0) is 12.8. The van der Waals surface area contributed by atoms with Crippen LogP contribution in [0.1, 0.15) is 17.3 Å². The first-order valence-electron chi connectivity index (χ1n) is 5.74. The van der Waals surface area contributed by atoms with Crippen LogP contribution in [0.2, 0.25) is 0 Å². The number of nitrogens with one attached hydrogen (secondary N) is 1. The maximum atomic E-state index is 11.9. The van der Waals surface area contributed by atoms with E-state index in [1.807, 2.05) is 24.3 Å². The first-order chi connectivity index (χ1) is 8.79. The first-order valence-corrected chi connectivity index (χ1v) is 6.72. The number of carbonyl (C=O) groups is 1. The summed E-state index contributed by atoms with van der Waals surface area (Å²) in [7, 11) is 0. The Kier molecular flexibility index (Phi) is 4.36. The van der Waals surface area contributed by atoms with Gasteiger partial charge in [0.2, 0.25) is 0 Å². The van der Waals surface area contributed by atoms with E-state index in [1.54, 1.807) is 36.3 Å². The summed E-state index contributed by atoms with van der Waals surface area (Å²) in [6.07, 6.45) is 3.21. The van der Waals surface area contributed by atoms with Crippen LogP contribution in [-0.4, -0.2) is 16.6 Å². The van der Waals surface area contributed by atoms with Crippen LogP contribution in [0.3, 0.4) is 0 Å². The zero-order valence-corrected chi connectivity index (χ0v) is 10.9. The van der Waals surface area contributed by atoms with Crippen LogP contribution in [0, 0.1) is 0 Å². The van der Waals surface area contributed by atoms with Gasteiger partial charge in [-0.3, -0.25) is 9.78 Å². The fourth-order valence-corrected chi connectivity index (χ4v) is 2.17. The van der Waals surface area contributed by atoms with E-state index >= 15 is 0 Å². The van der Waals surface area contributed by atoms with E-state index in [9.17, 15) is 4.79 Å². The Balaban J connectivity index is 2.03. The van der Waals surface area contributed by atoms with E-state index in [1.165, 1.54) is 4.90 Å². The molecule has 2 aromatic rings. The average Bonchev–Trinajstić information content (AvgIpc) is 2.42. The highest BCUT2D eigenvalue weighted by Gasteiger charge is 2.04. The molecule has 0 unspecified atom stereocenters. The smallest absolute Gasteiger partial charge is 0.255 e. The molecule has 18 heavy (non-hydrogen) atoms. The summed E-state index contributed by atoms with van der Waals surface area (Å²) in [6.45, 7) is 2.11. The molecule has 1 N–H and O–H groups in total. The second-order valence-electron chi connectivity index (χ2n) is 3.65. The van der Waals surface area contributed by atoms with Gasteiger partial charge < -0.3 is 5.32 Å². The summed E-state index contributed by atoms with van der Waals surface area (Å²) in [6, 6.07) is 11.2. The van der Waals surface area contributed by atoms with Crippen molar-refractivity contribution in [2.24, 2.45) is 0 Å². The van der Waals surface area contributed by atoms with Crippen molar-refractivity contribution in [3.63, 3.8) is 0 Å². The monoisotopic (exact) mass is 258 g/mol. The average molecular weight is 258 g/mol. The Bertz CT molecular complexity index is 511. The zero-order valence-electron chi connectivity index (χ0n) is 10.1. The minimum Gasteiger partial charge on any atom is -0.322 e. The predicted molar refractivity (Wildman–Crippen MR) is 75.0 cm³/mol. The Morgan fingerprint density at radius 3 is 2.44 bits per heavy atom. The van der Waals surface area contributed by atoms with E-state index in [-0.39, 0.29) is 5.91 Å². The number of amides is 1. The Labute approximate surface area is 111 Å². The molecule has 1 aromatic carbocycles. The van der Waals surface area contributed by atoms with Gasteiger partial charge in [-0.05, 0) is 42.2 Å². The maximum Gasteiger partial charge on any atom is 0.255 e. The number of aromatic nitrogens is 1. The summed E-state index contributed by atoms with van der Waals surface area (Å²) in [5.41, 5.74) is 1.41. The van der Waals surface area contributed by atoms with Gasteiger partial charge in [0.05, 0.1) is 0 Å². The molecule has 0 radical (unpaired) electrons. The standard InChI is InChI=1S/C14H14N2OS/c1-2-18-13-5-3-12(4-6-13)16-14(17)11-7-9-15-10-8-11/h3-10H,2H2,1H3,(H,16,17). The lowest BCUT2D eigenvalue weighted by Crippen LogP contribution is -2.11. The number of hydrogen-bond acceptors (Lipinski definition) is 3. The summed E-state index contributed by atoms with van der Waals surface area (Å²) >= 11 is 1.78. The predicted octanol–water partition coefficient (Wildman–Crippen LogP) is 3.45. The normalized spacial score (nSPS) is 10.1. The Morgan fingerprint density at radius 2 is 1.83 bits per heavy atom. The lowest BCUT2D eigenvalue weighted by molar-refractivity contribution is 0.102. The minimum atomic E-state index is -0.117. The summed E-state index contributed by atoms with van der Waals surface area (Å²) in [5.74, 6) is 0.927. The number of thioether (sulfide) groups is 1.